The maximum atomic E-state index is 5.20. The van der Waals surface area contributed by atoms with E-state index in [0.717, 1.165) is 25.3 Å². The quantitative estimate of drug-likeness (QED) is 0.754. The smallest absolute Gasteiger partial charge is 0.118 e. The van der Waals surface area contributed by atoms with Gasteiger partial charge in [-0.05, 0) is 24.1 Å². The maximum absolute atomic E-state index is 5.20. The van der Waals surface area contributed by atoms with Gasteiger partial charge in [-0.2, -0.15) is 0 Å². The van der Waals surface area contributed by atoms with E-state index in [0.29, 0.717) is 6.04 Å². The normalized spacial score (nSPS) is 12.4. The van der Waals surface area contributed by atoms with Crippen LogP contribution in [0.4, 0.5) is 0 Å². The summed E-state index contributed by atoms with van der Waals surface area (Å²) in [5.74, 6) is 0.899. The highest BCUT2D eigenvalue weighted by Crippen LogP contribution is 2.11. The third kappa shape index (κ3) is 5.20. The van der Waals surface area contributed by atoms with Gasteiger partial charge in [0.25, 0.3) is 0 Å². The lowest BCUT2D eigenvalue weighted by molar-refractivity contribution is 0.161. The molecular formula is C14H23NO2. The number of ether oxygens (including phenoxy) is 2. The van der Waals surface area contributed by atoms with Crippen molar-refractivity contribution >= 4 is 0 Å². The van der Waals surface area contributed by atoms with Crippen LogP contribution in [-0.2, 0) is 11.3 Å². The van der Waals surface area contributed by atoms with Gasteiger partial charge >= 0.3 is 0 Å². The molecule has 0 spiro atoms. The molecule has 0 aromatic heterocycles. The van der Waals surface area contributed by atoms with Crippen LogP contribution in [0.5, 0.6) is 5.75 Å². The summed E-state index contributed by atoms with van der Waals surface area (Å²) < 4.78 is 10.3. The molecule has 1 aromatic carbocycles. The molecule has 17 heavy (non-hydrogen) atoms. The summed E-state index contributed by atoms with van der Waals surface area (Å²) >= 11 is 0. The molecule has 0 radical (unpaired) electrons. The summed E-state index contributed by atoms with van der Waals surface area (Å²) in [5, 5.41) is 3.51. The first kappa shape index (κ1) is 14.0. The predicted octanol–water partition coefficient (Wildman–Crippen LogP) is 2.60. The van der Waals surface area contributed by atoms with Crippen LogP contribution in [0.3, 0.4) is 0 Å². The molecule has 96 valence electrons. The number of methoxy groups -OCH3 is 2. The van der Waals surface area contributed by atoms with Gasteiger partial charge < -0.3 is 14.8 Å². The molecule has 0 fully saturated rings. The Morgan fingerprint density at radius 2 is 1.88 bits per heavy atom. The Labute approximate surface area is 104 Å². The van der Waals surface area contributed by atoms with Crippen molar-refractivity contribution in [1.82, 2.24) is 5.32 Å². The van der Waals surface area contributed by atoms with Crippen molar-refractivity contribution in [3.05, 3.63) is 29.8 Å². The van der Waals surface area contributed by atoms with Crippen LogP contribution in [-0.4, -0.2) is 26.9 Å². The van der Waals surface area contributed by atoms with Gasteiger partial charge in [0.15, 0.2) is 0 Å². The molecule has 0 aliphatic heterocycles. The Bertz CT molecular complexity index is 292. The second-order valence-electron chi connectivity index (χ2n) is 4.17. The Balaban J connectivity index is 2.41. The topological polar surface area (TPSA) is 30.5 Å². The van der Waals surface area contributed by atoms with E-state index < -0.39 is 0 Å². The van der Waals surface area contributed by atoms with E-state index in [-0.39, 0.29) is 0 Å². The molecule has 3 heteroatoms. The van der Waals surface area contributed by atoms with Crippen LogP contribution >= 0.6 is 0 Å². The van der Waals surface area contributed by atoms with Crippen LogP contribution in [0.2, 0.25) is 0 Å². The number of rotatable bonds is 8. The van der Waals surface area contributed by atoms with Crippen LogP contribution in [0, 0.1) is 0 Å². The molecule has 1 unspecified atom stereocenters. The monoisotopic (exact) mass is 237 g/mol. The molecule has 0 aliphatic rings. The van der Waals surface area contributed by atoms with Gasteiger partial charge in [-0.1, -0.05) is 25.5 Å². The van der Waals surface area contributed by atoms with Gasteiger partial charge in [-0.3, -0.25) is 0 Å². The molecule has 1 N–H and O–H groups in total. The van der Waals surface area contributed by atoms with Crippen LogP contribution in [0.15, 0.2) is 24.3 Å². The number of benzene rings is 1. The van der Waals surface area contributed by atoms with E-state index in [2.05, 4.69) is 24.4 Å². The lowest BCUT2D eigenvalue weighted by atomic mass is 10.1. The molecule has 1 atom stereocenters. The van der Waals surface area contributed by atoms with E-state index in [1.54, 1.807) is 14.2 Å². The Morgan fingerprint density at radius 1 is 1.18 bits per heavy atom. The van der Waals surface area contributed by atoms with Crippen molar-refractivity contribution < 1.29 is 9.47 Å². The summed E-state index contributed by atoms with van der Waals surface area (Å²) in [6.45, 7) is 3.83. The van der Waals surface area contributed by atoms with Crippen molar-refractivity contribution in [2.24, 2.45) is 0 Å². The van der Waals surface area contributed by atoms with E-state index in [1.165, 1.54) is 12.0 Å². The SMILES string of the molecule is CCCC(COC)NCc1ccc(OC)cc1. The molecule has 0 aliphatic carbocycles. The zero-order valence-corrected chi connectivity index (χ0v) is 11.0. The molecule has 0 bridgehead atoms. The molecule has 0 heterocycles. The summed E-state index contributed by atoms with van der Waals surface area (Å²) in [6.07, 6.45) is 2.31. The first-order chi connectivity index (χ1) is 8.30. The van der Waals surface area contributed by atoms with E-state index in [1.807, 2.05) is 12.1 Å². The van der Waals surface area contributed by atoms with Crippen molar-refractivity contribution in [3.8, 4) is 5.75 Å². The van der Waals surface area contributed by atoms with Gasteiger partial charge in [0.2, 0.25) is 0 Å². The minimum atomic E-state index is 0.437. The minimum Gasteiger partial charge on any atom is -0.497 e. The lowest BCUT2D eigenvalue weighted by Gasteiger charge is -2.17. The fraction of sp³-hybridized carbons (Fsp3) is 0.571. The van der Waals surface area contributed by atoms with E-state index in [9.17, 15) is 0 Å². The molecule has 3 nitrogen and oxygen atoms in total. The number of hydrogen-bond donors (Lipinski definition) is 1. The third-order valence-corrected chi connectivity index (χ3v) is 2.76. The predicted molar refractivity (Wildman–Crippen MR) is 70.4 cm³/mol. The van der Waals surface area contributed by atoms with Crippen LogP contribution in [0.1, 0.15) is 25.3 Å². The standard InChI is InChI=1S/C14H23NO2/c1-4-5-13(11-16-2)15-10-12-6-8-14(17-3)9-7-12/h6-9,13,15H,4-5,10-11H2,1-3H3. The van der Waals surface area contributed by atoms with Crippen molar-refractivity contribution in [1.29, 1.82) is 0 Å². The zero-order valence-electron chi connectivity index (χ0n) is 11.0. The van der Waals surface area contributed by atoms with Crippen molar-refractivity contribution in [2.45, 2.75) is 32.4 Å². The van der Waals surface area contributed by atoms with Gasteiger partial charge in [0.05, 0.1) is 13.7 Å². The Morgan fingerprint density at radius 3 is 2.41 bits per heavy atom. The molecule has 0 saturated carbocycles. The van der Waals surface area contributed by atoms with Gasteiger partial charge in [-0.15, -0.1) is 0 Å². The van der Waals surface area contributed by atoms with Gasteiger partial charge in [-0.25, -0.2) is 0 Å². The highest BCUT2D eigenvalue weighted by Gasteiger charge is 2.06. The Hall–Kier alpha value is -1.06. The highest BCUT2D eigenvalue weighted by atomic mass is 16.5. The lowest BCUT2D eigenvalue weighted by Crippen LogP contribution is -2.32. The van der Waals surface area contributed by atoms with Crippen LogP contribution in [0.25, 0.3) is 0 Å². The average molecular weight is 237 g/mol. The second kappa shape index (κ2) is 8.09. The summed E-state index contributed by atoms with van der Waals surface area (Å²) in [6, 6.07) is 8.58. The van der Waals surface area contributed by atoms with Crippen LogP contribution < -0.4 is 10.1 Å². The zero-order chi connectivity index (χ0) is 12.5. The largest absolute Gasteiger partial charge is 0.497 e. The van der Waals surface area contributed by atoms with Gasteiger partial charge in [0, 0.05) is 19.7 Å². The molecular weight excluding hydrogens is 214 g/mol. The maximum Gasteiger partial charge on any atom is 0.118 e. The summed E-state index contributed by atoms with van der Waals surface area (Å²) in [4.78, 5) is 0. The highest BCUT2D eigenvalue weighted by molar-refractivity contribution is 5.27. The molecule has 1 rings (SSSR count). The second-order valence-corrected chi connectivity index (χ2v) is 4.17. The first-order valence-electron chi connectivity index (χ1n) is 6.15. The number of nitrogens with one attached hydrogen (secondary N) is 1. The summed E-state index contributed by atoms with van der Waals surface area (Å²) in [7, 11) is 3.43. The minimum absolute atomic E-state index is 0.437. The fourth-order valence-corrected chi connectivity index (χ4v) is 1.80. The molecule has 0 saturated heterocycles. The summed E-state index contributed by atoms with van der Waals surface area (Å²) in [5.41, 5.74) is 1.27. The van der Waals surface area contributed by atoms with E-state index in [4.69, 9.17) is 9.47 Å². The van der Waals surface area contributed by atoms with Crippen molar-refractivity contribution in [2.75, 3.05) is 20.8 Å². The Kier molecular flexibility index (Phi) is 6.67. The third-order valence-electron chi connectivity index (χ3n) is 2.76. The van der Waals surface area contributed by atoms with Gasteiger partial charge in [0.1, 0.15) is 5.75 Å². The molecule has 0 amide bonds. The van der Waals surface area contributed by atoms with Crippen molar-refractivity contribution in [3.63, 3.8) is 0 Å². The molecule has 1 aromatic rings. The van der Waals surface area contributed by atoms with E-state index >= 15 is 0 Å². The first-order valence-corrected chi connectivity index (χ1v) is 6.15. The number of hydrogen-bond acceptors (Lipinski definition) is 3. The average Bonchev–Trinajstić information content (AvgIpc) is 2.37. The fourth-order valence-electron chi connectivity index (χ4n) is 1.80.